The van der Waals surface area contributed by atoms with Crippen LogP contribution >= 0.6 is 34.3 Å². The molecular weight excluding hydrogens is 362 g/mol. The smallest absolute Gasteiger partial charge is 0.203 e. The Hall–Kier alpha value is -1.89. The second-order valence-electron chi connectivity index (χ2n) is 5.24. The van der Waals surface area contributed by atoms with Crippen molar-refractivity contribution < 1.29 is 4.74 Å². The molecule has 0 unspecified atom stereocenters. The van der Waals surface area contributed by atoms with Crippen LogP contribution in [0, 0.1) is 0 Å². The van der Waals surface area contributed by atoms with Crippen molar-refractivity contribution in [2.45, 2.75) is 20.0 Å². The van der Waals surface area contributed by atoms with E-state index >= 15 is 0 Å². The molecule has 124 valence electrons. The fraction of sp³-hybridized carbons (Fsp3) is 0.176. The van der Waals surface area contributed by atoms with Crippen LogP contribution in [0.3, 0.4) is 0 Å². The van der Waals surface area contributed by atoms with Gasteiger partial charge in [0.15, 0.2) is 0 Å². The third-order valence-corrected chi connectivity index (χ3v) is 4.90. The van der Waals surface area contributed by atoms with E-state index < -0.39 is 0 Å². The van der Waals surface area contributed by atoms with Gasteiger partial charge in [0.25, 0.3) is 0 Å². The molecule has 0 radical (unpaired) electrons. The molecule has 24 heavy (non-hydrogen) atoms. The van der Waals surface area contributed by atoms with Crippen LogP contribution in [-0.2, 0) is 0 Å². The van der Waals surface area contributed by atoms with Gasteiger partial charge in [-0.05, 0) is 49.1 Å². The largest absolute Gasteiger partial charge is 0.489 e. The number of thiazole rings is 1. The SMILES string of the molecule is CC(C)Oc1ccc(/C=N\Nc2nc(-c3cccs3)cs2)cc1Cl. The predicted molar refractivity (Wildman–Crippen MR) is 104 cm³/mol. The lowest BCUT2D eigenvalue weighted by molar-refractivity contribution is 0.242. The maximum absolute atomic E-state index is 6.21. The summed E-state index contributed by atoms with van der Waals surface area (Å²) in [5.74, 6) is 0.678. The zero-order valence-corrected chi connectivity index (χ0v) is 15.6. The van der Waals surface area contributed by atoms with Crippen molar-refractivity contribution in [3.63, 3.8) is 0 Å². The number of ether oxygens (including phenoxy) is 1. The van der Waals surface area contributed by atoms with Gasteiger partial charge in [0.1, 0.15) is 5.75 Å². The zero-order chi connectivity index (χ0) is 16.9. The number of anilines is 1. The average Bonchev–Trinajstić information content (AvgIpc) is 3.20. The van der Waals surface area contributed by atoms with Gasteiger partial charge in [-0.25, -0.2) is 4.98 Å². The molecule has 0 amide bonds. The molecular formula is C17H16ClN3OS2. The van der Waals surface area contributed by atoms with Gasteiger partial charge in [-0.2, -0.15) is 5.10 Å². The fourth-order valence-electron chi connectivity index (χ4n) is 1.97. The number of hydrogen-bond donors (Lipinski definition) is 1. The van der Waals surface area contributed by atoms with Crippen LogP contribution in [0.15, 0.2) is 46.2 Å². The lowest BCUT2D eigenvalue weighted by atomic mass is 10.2. The molecule has 0 saturated carbocycles. The van der Waals surface area contributed by atoms with E-state index in [1.54, 1.807) is 17.6 Å². The Morgan fingerprint density at radius 1 is 1.29 bits per heavy atom. The summed E-state index contributed by atoms with van der Waals surface area (Å²) in [5, 5.41) is 9.59. The maximum Gasteiger partial charge on any atom is 0.203 e. The molecule has 7 heteroatoms. The molecule has 0 spiro atoms. The third-order valence-electron chi connectivity index (χ3n) is 2.97. The van der Waals surface area contributed by atoms with E-state index in [0.29, 0.717) is 10.8 Å². The van der Waals surface area contributed by atoms with Crippen molar-refractivity contribution in [1.29, 1.82) is 0 Å². The topological polar surface area (TPSA) is 46.5 Å². The molecule has 2 aromatic heterocycles. The lowest BCUT2D eigenvalue weighted by Gasteiger charge is -2.11. The summed E-state index contributed by atoms with van der Waals surface area (Å²) in [7, 11) is 0. The molecule has 0 fully saturated rings. The highest BCUT2D eigenvalue weighted by molar-refractivity contribution is 7.15. The van der Waals surface area contributed by atoms with Gasteiger partial charge in [-0.3, -0.25) is 5.43 Å². The standard InChI is InChI=1S/C17H16ClN3OS2/c1-11(2)22-15-6-5-12(8-13(15)18)9-19-21-17-20-14(10-24-17)16-4-3-7-23-16/h3-11H,1-2H3,(H,20,21)/b19-9-. The number of aromatic nitrogens is 1. The van der Waals surface area contributed by atoms with E-state index in [1.165, 1.54) is 11.3 Å². The Bertz CT molecular complexity index is 828. The normalized spacial score (nSPS) is 11.3. The van der Waals surface area contributed by atoms with Gasteiger partial charge >= 0.3 is 0 Å². The van der Waals surface area contributed by atoms with E-state index in [2.05, 4.69) is 21.6 Å². The van der Waals surface area contributed by atoms with E-state index in [4.69, 9.17) is 16.3 Å². The number of nitrogens with zero attached hydrogens (tertiary/aromatic N) is 2. The summed E-state index contributed by atoms with van der Waals surface area (Å²) >= 11 is 9.40. The molecule has 0 bridgehead atoms. The minimum Gasteiger partial charge on any atom is -0.489 e. The van der Waals surface area contributed by atoms with Gasteiger partial charge < -0.3 is 4.74 Å². The van der Waals surface area contributed by atoms with Crippen molar-refractivity contribution in [1.82, 2.24) is 4.98 Å². The van der Waals surface area contributed by atoms with Crippen LogP contribution in [0.2, 0.25) is 5.02 Å². The summed E-state index contributed by atoms with van der Waals surface area (Å²) in [6.07, 6.45) is 1.79. The summed E-state index contributed by atoms with van der Waals surface area (Å²) in [6.45, 7) is 3.93. The fourth-order valence-corrected chi connectivity index (χ4v) is 3.63. The number of nitrogens with one attached hydrogen (secondary N) is 1. The summed E-state index contributed by atoms with van der Waals surface area (Å²) in [6, 6.07) is 9.65. The van der Waals surface area contributed by atoms with Crippen molar-refractivity contribution in [2.24, 2.45) is 5.10 Å². The number of thiophene rings is 1. The van der Waals surface area contributed by atoms with Gasteiger partial charge in [0, 0.05) is 5.38 Å². The maximum atomic E-state index is 6.21. The van der Waals surface area contributed by atoms with Gasteiger partial charge in [-0.15, -0.1) is 22.7 Å². The first-order chi connectivity index (χ1) is 11.6. The van der Waals surface area contributed by atoms with Crippen LogP contribution < -0.4 is 10.2 Å². The van der Waals surface area contributed by atoms with Crippen molar-refractivity contribution >= 4 is 45.6 Å². The van der Waals surface area contributed by atoms with Gasteiger partial charge in [0.05, 0.1) is 27.9 Å². The first kappa shape index (κ1) is 17.0. The Morgan fingerprint density at radius 2 is 2.17 bits per heavy atom. The number of halogens is 1. The number of benzene rings is 1. The lowest BCUT2D eigenvalue weighted by Crippen LogP contribution is -2.05. The molecule has 1 N–H and O–H groups in total. The zero-order valence-electron chi connectivity index (χ0n) is 13.2. The molecule has 4 nitrogen and oxygen atoms in total. The Kier molecular flexibility index (Phi) is 5.50. The second kappa shape index (κ2) is 7.79. The molecule has 0 saturated heterocycles. The summed E-state index contributed by atoms with van der Waals surface area (Å²) < 4.78 is 5.61. The van der Waals surface area contributed by atoms with Crippen LogP contribution in [0.4, 0.5) is 5.13 Å². The highest BCUT2D eigenvalue weighted by Gasteiger charge is 2.05. The van der Waals surface area contributed by atoms with Gasteiger partial charge in [-0.1, -0.05) is 17.7 Å². The van der Waals surface area contributed by atoms with Gasteiger partial charge in [0.2, 0.25) is 5.13 Å². The molecule has 0 aliphatic carbocycles. The molecule has 0 aliphatic heterocycles. The monoisotopic (exact) mass is 377 g/mol. The highest BCUT2D eigenvalue weighted by atomic mass is 35.5. The average molecular weight is 378 g/mol. The second-order valence-corrected chi connectivity index (χ2v) is 7.45. The van der Waals surface area contributed by atoms with Crippen LogP contribution in [0.1, 0.15) is 19.4 Å². The summed E-state index contributed by atoms with van der Waals surface area (Å²) in [4.78, 5) is 5.66. The Balaban J connectivity index is 1.63. The molecule has 1 aromatic carbocycles. The predicted octanol–water partition coefficient (Wildman–Crippen LogP) is 5.76. The summed E-state index contributed by atoms with van der Waals surface area (Å²) in [5.41, 5.74) is 4.80. The first-order valence-electron chi connectivity index (χ1n) is 7.36. The van der Waals surface area contributed by atoms with Crippen molar-refractivity contribution in [3.8, 4) is 16.3 Å². The van der Waals surface area contributed by atoms with Crippen molar-refractivity contribution in [2.75, 3.05) is 5.43 Å². The van der Waals surface area contributed by atoms with Crippen LogP contribution in [0.25, 0.3) is 10.6 Å². The minimum absolute atomic E-state index is 0.0890. The molecule has 0 aliphatic rings. The first-order valence-corrected chi connectivity index (χ1v) is 9.50. The Morgan fingerprint density at radius 3 is 2.88 bits per heavy atom. The molecule has 3 rings (SSSR count). The number of hydrogen-bond acceptors (Lipinski definition) is 6. The van der Waals surface area contributed by atoms with E-state index in [-0.39, 0.29) is 6.10 Å². The Labute approximate surface area is 153 Å². The highest BCUT2D eigenvalue weighted by Crippen LogP contribution is 2.28. The number of rotatable bonds is 6. The van der Waals surface area contributed by atoms with Crippen LogP contribution in [0.5, 0.6) is 5.75 Å². The number of hydrazone groups is 1. The van der Waals surface area contributed by atoms with E-state index in [1.807, 2.05) is 48.9 Å². The van der Waals surface area contributed by atoms with Crippen LogP contribution in [-0.4, -0.2) is 17.3 Å². The molecule has 3 aromatic rings. The molecule has 0 atom stereocenters. The van der Waals surface area contributed by atoms with Crippen molar-refractivity contribution in [3.05, 3.63) is 51.7 Å². The van der Waals surface area contributed by atoms with E-state index in [9.17, 15) is 0 Å². The molecule has 2 heterocycles. The minimum atomic E-state index is 0.0890. The quantitative estimate of drug-likeness (QED) is 0.439. The van der Waals surface area contributed by atoms with E-state index in [0.717, 1.165) is 21.3 Å². The third kappa shape index (κ3) is 4.35.